The number of halogens is 1. The second-order valence-electron chi connectivity index (χ2n) is 8.24. The van der Waals surface area contributed by atoms with Crippen molar-refractivity contribution in [3.63, 3.8) is 0 Å². The minimum Gasteiger partial charge on any atom is -0.356 e. The van der Waals surface area contributed by atoms with Crippen LogP contribution in [0.4, 0.5) is 14.9 Å². The minimum absolute atomic E-state index is 0.234. The van der Waals surface area contributed by atoms with Crippen molar-refractivity contribution >= 4 is 22.6 Å². The van der Waals surface area contributed by atoms with E-state index in [2.05, 4.69) is 22.4 Å². The fourth-order valence-electron chi connectivity index (χ4n) is 4.72. The van der Waals surface area contributed by atoms with Gasteiger partial charge in [0.25, 0.3) is 0 Å². The monoisotopic (exact) mass is 413 g/mol. The molecule has 4 aromatic rings. The van der Waals surface area contributed by atoms with Crippen LogP contribution in [0, 0.1) is 19.7 Å². The van der Waals surface area contributed by atoms with Crippen LogP contribution in [0.1, 0.15) is 34.0 Å². The molecule has 0 aliphatic carbocycles. The van der Waals surface area contributed by atoms with Crippen molar-refractivity contribution in [3.8, 4) is 0 Å². The summed E-state index contributed by atoms with van der Waals surface area (Å²) in [5.74, 6) is -0.316. The lowest BCUT2D eigenvalue weighted by Gasteiger charge is -2.36. The molecule has 2 N–H and O–H groups in total. The van der Waals surface area contributed by atoms with Gasteiger partial charge in [0, 0.05) is 34.4 Å². The highest BCUT2D eigenvalue weighted by atomic mass is 19.1. The molecule has 2 heterocycles. The van der Waals surface area contributed by atoms with Gasteiger partial charge in [0.05, 0.1) is 0 Å². The molecule has 3 aromatic carbocycles. The first-order valence-electron chi connectivity index (χ1n) is 10.5. The summed E-state index contributed by atoms with van der Waals surface area (Å²) >= 11 is 0. The highest BCUT2D eigenvalue weighted by Crippen LogP contribution is 2.39. The third-order valence-electron chi connectivity index (χ3n) is 5.97. The smallest absolute Gasteiger partial charge is 0.322 e. The molecule has 0 bridgehead atoms. The topological polar surface area (TPSA) is 48.1 Å². The van der Waals surface area contributed by atoms with Crippen LogP contribution < -0.4 is 5.32 Å². The van der Waals surface area contributed by atoms with Gasteiger partial charge < -0.3 is 15.2 Å². The van der Waals surface area contributed by atoms with Crippen LogP contribution in [0.5, 0.6) is 0 Å². The number of nitrogens with one attached hydrogen (secondary N) is 2. The van der Waals surface area contributed by atoms with Gasteiger partial charge in [-0.25, -0.2) is 9.18 Å². The number of fused-ring (bicyclic) bond motifs is 3. The number of amides is 2. The minimum atomic E-state index is -0.525. The molecule has 0 saturated carbocycles. The van der Waals surface area contributed by atoms with Crippen molar-refractivity contribution in [2.75, 3.05) is 11.9 Å². The van der Waals surface area contributed by atoms with Crippen LogP contribution in [0.25, 0.3) is 10.9 Å². The van der Waals surface area contributed by atoms with E-state index >= 15 is 0 Å². The molecule has 0 radical (unpaired) electrons. The van der Waals surface area contributed by atoms with Crippen LogP contribution >= 0.6 is 0 Å². The summed E-state index contributed by atoms with van der Waals surface area (Å²) in [6.07, 6.45) is 0.713. The van der Waals surface area contributed by atoms with E-state index in [1.807, 2.05) is 50.2 Å². The summed E-state index contributed by atoms with van der Waals surface area (Å²) in [7, 11) is 0. The zero-order valence-electron chi connectivity index (χ0n) is 17.6. The number of hydrogen-bond donors (Lipinski definition) is 2. The first-order chi connectivity index (χ1) is 15.0. The SMILES string of the molecule is Cc1cc(C)cc(NC(=O)N2CCc3c([nH]c4ccccc34)C2c2ccccc2F)c1. The molecule has 1 aliphatic heterocycles. The molecule has 1 aliphatic rings. The van der Waals surface area contributed by atoms with E-state index in [1.165, 1.54) is 6.07 Å². The number of benzene rings is 3. The van der Waals surface area contributed by atoms with Gasteiger partial charge in [-0.1, -0.05) is 42.5 Å². The number of rotatable bonds is 2. The van der Waals surface area contributed by atoms with E-state index in [4.69, 9.17) is 0 Å². The van der Waals surface area contributed by atoms with Gasteiger partial charge in [0.1, 0.15) is 11.9 Å². The molecular weight excluding hydrogens is 389 g/mol. The first-order valence-corrected chi connectivity index (χ1v) is 10.5. The molecule has 2 amide bonds. The Hall–Kier alpha value is -3.60. The van der Waals surface area contributed by atoms with Crippen LogP contribution in [0.15, 0.2) is 66.7 Å². The molecule has 31 heavy (non-hydrogen) atoms. The Balaban J connectivity index is 1.59. The van der Waals surface area contributed by atoms with Gasteiger partial charge in [-0.3, -0.25) is 0 Å². The van der Waals surface area contributed by atoms with Gasteiger partial charge in [-0.2, -0.15) is 0 Å². The molecule has 5 rings (SSSR count). The average molecular weight is 413 g/mol. The zero-order valence-corrected chi connectivity index (χ0v) is 17.6. The molecule has 0 spiro atoms. The second-order valence-corrected chi connectivity index (χ2v) is 8.24. The van der Waals surface area contributed by atoms with Gasteiger partial charge in [0.2, 0.25) is 0 Å². The lowest BCUT2D eigenvalue weighted by Crippen LogP contribution is -2.43. The second kappa shape index (κ2) is 7.58. The van der Waals surface area contributed by atoms with E-state index in [0.717, 1.165) is 39.0 Å². The maximum atomic E-state index is 14.9. The largest absolute Gasteiger partial charge is 0.356 e. The third-order valence-corrected chi connectivity index (χ3v) is 5.97. The predicted molar refractivity (Wildman–Crippen MR) is 122 cm³/mol. The fourth-order valence-corrected chi connectivity index (χ4v) is 4.72. The van der Waals surface area contributed by atoms with E-state index in [-0.39, 0.29) is 11.8 Å². The normalized spacial score (nSPS) is 15.7. The van der Waals surface area contributed by atoms with Crippen LogP contribution in [0.3, 0.4) is 0 Å². The number of carbonyl (C=O) groups excluding carboxylic acids is 1. The van der Waals surface area contributed by atoms with Crippen molar-refractivity contribution in [1.82, 2.24) is 9.88 Å². The Morgan fingerprint density at radius 1 is 1.03 bits per heavy atom. The summed E-state index contributed by atoms with van der Waals surface area (Å²) in [6, 6.07) is 20.0. The molecule has 156 valence electrons. The van der Waals surface area contributed by atoms with Crippen molar-refractivity contribution in [2.24, 2.45) is 0 Å². The molecule has 1 unspecified atom stereocenters. The molecule has 1 atom stereocenters. The predicted octanol–water partition coefficient (Wildman–Crippen LogP) is 6.10. The number of anilines is 1. The van der Waals surface area contributed by atoms with Crippen LogP contribution in [0.2, 0.25) is 0 Å². The Bertz CT molecular complexity index is 1270. The zero-order chi connectivity index (χ0) is 21.5. The fraction of sp³-hybridized carbons (Fsp3) is 0.192. The van der Waals surface area contributed by atoms with Crippen molar-refractivity contribution < 1.29 is 9.18 Å². The Labute approximate surface area is 180 Å². The van der Waals surface area contributed by atoms with Crippen molar-refractivity contribution in [1.29, 1.82) is 0 Å². The summed E-state index contributed by atoms with van der Waals surface area (Å²) < 4.78 is 14.9. The van der Waals surface area contributed by atoms with Gasteiger partial charge >= 0.3 is 6.03 Å². The summed E-state index contributed by atoms with van der Waals surface area (Å²) in [4.78, 5) is 18.6. The lowest BCUT2D eigenvalue weighted by molar-refractivity contribution is 0.192. The molecule has 5 heteroatoms. The Morgan fingerprint density at radius 3 is 2.52 bits per heavy atom. The standard InChI is InChI=1S/C26H24FN3O/c1-16-13-17(2)15-18(14-16)28-26(31)30-12-11-20-19-7-4-6-10-23(19)29-24(20)25(30)21-8-3-5-9-22(21)27/h3-10,13-15,25,29H,11-12H2,1-2H3,(H,28,31). The van der Waals surface area contributed by atoms with Crippen molar-refractivity contribution in [2.45, 2.75) is 26.3 Å². The maximum Gasteiger partial charge on any atom is 0.322 e. The maximum absolute atomic E-state index is 14.9. The number of hydrogen-bond acceptors (Lipinski definition) is 1. The Morgan fingerprint density at radius 2 is 1.74 bits per heavy atom. The number of para-hydroxylation sites is 1. The number of aromatic amines is 1. The number of aryl methyl sites for hydroxylation is 2. The van der Waals surface area contributed by atoms with E-state index in [9.17, 15) is 9.18 Å². The van der Waals surface area contributed by atoms with Crippen LogP contribution in [-0.4, -0.2) is 22.5 Å². The summed E-state index contributed by atoms with van der Waals surface area (Å²) in [5.41, 5.74) is 6.44. The molecule has 1 aromatic heterocycles. The molecular formula is C26H24FN3O. The highest BCUT2D eigenvalue weighted by Gasteiger charge is 2.36. The number of H-pyrrole nitrogens is 1. The number of carbonyl (C=O) groups is 1. The molecule has 0 saturated heterocycles. The summed E-state index contributed by atoms with van der Waals surface area (Å²) in [6.45, 7) is 4.51. The quantitative estimate of drug-likeness (QED) is 0.410. The highest BCUT2D eigenvalue weighted by molar-refractivity contribution is 5.91. The summed E-state index contributed by atoms with van der Waals surface area (Å²) in [5, 5.41) is 4.16. The molecule has 0 fully saturated rings. The van der Waals surface area contributed by atoms with Gasteiger partial charge in [0.15, 0.2) is 0 Å². The Kier molecular flexibility index (Phi) is 4.74. The van der Waals surface area contributed by atoms with Crippen molar-refractivity contribution in [3.05, 3.63) is 100 Å². The number of urea groups is 1. The van der Waals surface area contributed by atoms with Gasteiger partial charge in [-0.05, 0) is 61.2 Å². The number of nitrogens with zero attached hydrogens (tertiary/aromatic N) is 1. The van der Waals surface area contributed by atoms with Crippen LogP contribution in [-0.2, 0) is 6.42 Å². The van der Waals surface area contributed by atoms with E-state index < -0.39 is 6.04 Å². The number of aromatic nitrogens is 1. The lowest BCUT2D eigenvalue weighted by atomic mass is 9.92. The average Bonchev–Trinajstić information content (AvgIpc) is 3.11. The third kappa shape index (κ3) is 3.46. The first kappa shape index (κ1) is 19.4. The van der Waals surface area contributed by atoms with E-state index in [0.29, 0.717) is 18.5 Å². The van der Waals surface area contributed by atoms with E-state index in [1.54, 1.807) is 17.0 Å². The molecule has 4 nitrogen and oxygen atoms in total. The van der Waals surface area contributed by atoms with Gasteiger partial charge in [-0.15, -0.1) is 0 Å².